The van der Waals surface area contributed by atoms with Gasteiger partial charge in [0.05, 0.1) is 13.2 Å². The summed E-state index contributed by atoms with van der Waals surface area (Å²) < 4.78 is 5.74. The summed E-state index contributed by atoms with van der Waals surface area (Å²) in [5.74, 6) is 0.177. The normalized spacial score (nSPS) is 18.5. The van der Waals surface area contributed by atoms with Crippen LogP contribution >= 0.6 is 24.0 Å². The van der Waals surface area contributed by atoms with Gasteiger partial charge < -0.3 is 15.0 Å². The van der Waals surface area contributed by atoms with E-state index in [-0.39, 0.29) is 24.4 Å². The van der Waals surface area contributed by atoms with Gasteiger partial charge in [-0.05, 0) is 24.7 Å². The van der Waals surface area contributed by atoms with Gasteiger partial charge in [0.15, 0.2) is 0 Å². The number of amides is 1. The Hall–Kier alpha value is -0.810. The summed E-state index contributed by atoms with van der Waals surface area (Å²) in [4.78, 5) is 13.9. The van der Waals surface area contributed by atoms with Gasteiger partial charge in [0.25, 0.3) is 0 Å². The molecule has 1 fully saturated rings. The number of hydrogen-bond donors (Lipinski definition) is 1. The molecule has 2 rings (SSSR count). The largest absolute Gasteiger partial charge is 0.370 e. The quantitative estimate of drug-likeness (QED) is 0.926. The van der Waals surface area contributed by atoms with Crippen molar-refractivity contribution in [2.24, 2.45) is 0 Å². The highest BCUT2D eigenvalue weighted by molar-refractivity contribution is 6.30. The Balaban J connectivity index is 0.00000200. The third-order valence-corrected chi connectivity index (χ3v) is 3.50. The van der Waals surface area contributed by atoms with E-state index in [2.05, 4.69) is 5.32 Å². The molecule has 1 amide bonds. The highest BCUT2D eigenvalue weighted by Gasteiger charge is 2.24. The Kier molecular flexibility index (Phi) is 7.30. The van der Waals surface area contributed by atoms with E-state index in [4.69, 9.17) is 16.3 Å². The van der Waals surface area contributed by atoms with Gasteiger partial charge in [0, 0.05) is 24.5 Å². The van der Waals surface area contributed by atoms with Gasteiger partial charge in [-0.1, -0.05) is 23.7 Å². The summed E-state index contributed by atoms with van der Waals surface area (Å²) >= 11 is 5.87. The minimum absolute atomic E-state index is 0. The van der Waals surface area contributed by atoms with Crippen molar-refractivity contribution < 1.29 is 9.53 Å². The second kappa shape index (κ2) is 8.47. The average molecular weight is 319 g/mol. The van der Waals surface area contributed by atoms with E-state index in [0.717, 1.165) is 5.56 Å². The number of hydrogen-bond acceptors (Lipinski definition) is 3. The van der Waals surface area contributed by atoms with E-state index in [1.54, 1.807) is 0 Å². The van der Waals surface area contributed by atoms with Crippen molar-refractivity contribution in [1.82, 2.24) is 10.2 Å². The van der Waals surface area contributed by atoms with Crippen molar-refractivity contribution in [3.05, 3.63) is 34.9 Å². The van der Waals surface area contributed by atoms with Crippen molar-refractivity contribution in [2.45, 2.75) is 12.5 Å². The minimum Gasteiger partial charge on any atom is -0.370 e. The molecule has 1 atom stereocenters. The predicted octanol–water partition coefficient (Wildman–Crippen LogP) is 2.27. The maximum atomic E-state index is 12.0. The van der Waals surface area contributed by atoms with E-state index in [1.165, 1.54) is 0 Å². The van der Waals surface area contributed by atoms with Crippen LogP contribution in [0.25, 0.3) is 0 Å². The van der Waals surface area contributed by atoms with Gasteiger partial charge in [-0.3, -0.25) is 4.79 Å². The molecule has 1 heterocycles. The molecular weight excluding hydrogens is 299 g/mol. The van der Waals surface area contributed by atoms with E-state index in [9.17, 15) is 4.79 Å². The first-order chi connectivity index (χ1) is 9.20. The Labute approximate surface area is 130 Å². The number of rotatable bonds is 4. The lowest BCUT2D eigenvalue weighted by atomic mass is 10.1. The number of ether oxygens (including phenoxy) is 1. The molecule has 6 heteroatoms. The molecule has 0 radical (unpaired) electrons. The molecule has 0 spiro atoms. The van der Waals surface area contributed by atoms with Crippen molar-refractivity contribution in [3.63, 3.8) is 0 Å². The summed E-state index contributed by atoms with van der Waals surface area (Å²) in [5.41, 5.74) is 1.07. The van der Waals surface area contributed by atoms with Crippen molar-refractivity contribution in [3.8, 4) is 0 Å². The second-order valence-corrected chi connectivity index (χ2v) is 5.04. The first-order valence-electron chi connectivity index (χ1n) is 6.50. The molecule has 1 N–H and O–H groups in total. The molecule has 1 unspecified atom stereocenters. The monoisotopic (exact) mass is 318 g/mol. The average Bonchev–Trinajstić information content (AvgIpc) is 2.45. The van der Waals surface area contributed by atoms with Crippen LogP contribution in [0.2, 0.25) is 5.02 Å². The number of halogens is 2. The summed E-state index contributed by atoms with van der Waals surface area (Å²) in [6, 6.07) is 7.60. The van der Waals surface area contributed by atoms with Gasteiger partial charge >= 0.3 is 0 Å². The number of nitrogens with one attached hydrogen (secondary N) is 1. The highest BCUT2D eigenvalue weighted by atomic mass is 35.5. The summed E-state index contributed by atoms with van der Waals surface area (Å²) in [6.45, 7) is 2.58. The maximum Gasteiger partial charge on any atom is 0.224 e. The van der Waals surface area contributed by atoms with Crippen LogP contribution in [0.1, 0.15) is 18.1 Å². The van der Waals surface area contributed by atoms with Crippen molar-refractivity contribution in [2.75, 3.05) is 33.3 Å². The minimum atomic E-state index is -0.0513. The van der Waals surface area contributed by atoms with Gasteiger partial charge in [0.1, 0.15) is 6.10 Å². The van der Waals surface area contributed by atoms with Crippen LogP contribution in [-0.4, -0.2) is 44.1 Å². The zero-order valence-electron chi connectivity index (χ0n) is 11.5. The third kappa shape index (κ3) is 4.63. The SMILES string of the molecule is CNCCC(=O)N1CCOC(c2ccc(Cl)cc2)C1.Cl. The molecule has 0 saturated carbocycles. The standard InChI is InChI=1S/C14H19ClN2O2.ClH/c1-16-7-6-14(18)17-8-9-19-13(10-17)11-2-4-12(15)5-3-11;/h2-5,13,16H,6-10H2,1H3;1H. The Morgan fingerprint density at radius 1 is 1.45 bits per heavy atom. The van der Waals surface area contributed by atoms with Crippen LogP contribution in [0, 0.1) is 0 Å². The molecule has 0 aromatic heterocycles. The van der Waals surface area contributed by atoms with E-state index >= 15 is 0 Å². The number of nitrogens with zero attached hydrogens (tertiary/aromatic N) is 1. The first kappa shape index (κ1) is 17.2. The summed E-state index contributed by atoms with van der Waals surface area (Å²) in [5, 5.41) is 3.70. The molecule has 1 aliphatic heterocycles. The van der Waals surface area contributed by atoms with Crippen molar-refractivity contribution in [1.29, 1.82) is 0 Å². The van der Waals surface area contributed by atoms with Crippen LogP contribution in [0.5, 0.6) is 0 Å². The maximum absolute atomic E-state index is 12.0. The fourth-order valence-electron chi connectivity index (χ4n) is 2.14. The predicted molar refractivity (Wildman–Crippen MR) is 82.5 cm³/mol. The van der Waals surface area contributed by atoms with E-state index in [0.29, 0.717) is 37.7 Å². The molecule has 1 saturated heterocycles. The molecule has 1 aliphatic rings. The molecule has 0 aliphatic carbocycles. The molecule has 1 aromatic rings. The van der Waals surface area contributed by atoms with Gasteiger partial charge in [-0.25, -0.2) is 0 Å². The molecular formula is C14H20Cl2N2O2. The number of carbonyl (C=O) groups excluding carboxylic acids is 1. The van der Waals surface area contributed by atoms with Crippen LogP contribution in [-0.2, 0) is 9.53 Å². The lowest BCUT2D eigenvalue weighted by Gasteiger charge is -2.33. The number of carbonyl (C=O) groups is 1. The van der Waals surface area contributed by atoms with E-state index in [1.807, 2.05) is 36.2 Å². The third-order valence-electron chi connectivity index (χ3n) is 3.25. The number of benzene rings is 1. The van der Waals surface area contributed by atoms with Gasteiger partial charge in [0.2, 0.25) is 5.91 Å². The van der Waals surface area contributed by atoms with Crippen LogP contribution in [0.15, 0.2) is 24.3 Å². The summed E-state index contributed by atoms with van der Waals surface area (Å²) in [6.07, 6.45) is 0.480. The summed E-state index contributed by atoms with van der Waals surface area (Å²) in [7, 11) is 1.85. The molecule has 0 bridgehead atoms. The Morgan fingerprint density at radius 2 is 2.15 bits per heavy atom. The lowest BCUT2D eigenvalue weighted by Crippen LogP contribution is -2.42. The van der Waals surface area contributed by atoms with Gasteiger partial charge in [-0.2, -0.15) is 0 Å². The Bertz CT molecular complexity index is 426. The van der Waals surface area contributed by atoms with Crippen LogP contribution in [0.3, 0.4) is 0 Å². The molecule has 112 valence electrons. The van der Waals surface area contributed by atoms with Crippen molar-refractivity contribution >= 4 is 29.9 Å². The topological polar surface area (TPSA) is 41.6 Å². The zero-order chi connectivity index (χ0) is 13.7. The van der Waals surface area contributed by atoms with Crippen LogP contribution < -0.4 is 5.32 Å². The lowest BCUT2D eigenvalue weighted by molar-refractivity contribution is -0.138. The molecule has 4 nitrogen and oxygen atoms in total. The smallest absolute Gasteiger partial charge is 0.224 e. The Morgan fingerprint density at radius 3 is 2.80 bits per heavy atom. The fourth-order valence-corrected chi connectivity index (χ4v) is 2.27. The zero-order valence-corrected chi connectivity index (χ0v) is 13.0. The fraction of sp³-hybridized carbons (Fsp3) is 0.500. The highest BCUT2D eigenvalue weighted by Crippen LogP contribution is 2.23. The first-order valence-corrected chi connectivity index (χ1v) is 6.88. The van der Waals surface area contributed by atoms with E-state index < -0.39 is 0 Å². The molecule has 1 aromatic carbocycles. The second-order valence-electron chi connectivity index (χ2n) is 4.60. The van der Waals surface area contributed by atoms with Crippen LogP contribution in [0.4, 0.5) is 0 Å². The van der Waals surface area contributed by atoms with Gasteiger partial charge in [-0.15, -0.1) is 12.4 Å². The number of morpholine rings is 1. The molecule has 20 heavy (non-hydrogen) atoms.